The van der Waals surface area contributed by atoms with Gasteiger partial charge in [-0.1, -0.05) is 0 Å². The van der Waals surface area contributed by atoms with Crippen LogP contribution in [0.2, 0.25) is 0 Å². The Hall–Kier alpha value is -0.120. The summed E-state index contributed by atoms with van der Waals surface area (Å²) in [5, 5.41) is 10.2. The molecule has 1 aliphatic rings. The van der Waals surface area contributed by atoms with Crippen LogP contribution in [-0.4, -0.2) is 48.5 Å². The van der Waals surface area contributed by atoms with Crippen molar-refractivity contribution in [3.8, 4) is 0 Å². The Morgan fingerprint density at radius 3 is 2.38 bits per heavy atom. The molecule has 0 atom stereocenters. The van der Waals surface area contributed by atoms with Gasteiger partial charge in [-0.3, -0.25) is 0 Å². The average Bonchev–Trinajstić information content (AvgIpc) is 2.04. The van der Waals surface area contributed by atoms with Crippen LogP contribution < -0.4 is 0 Å². The number of hydrogen-bond donors (Lipinski definition) is 1. The zero-order chi connectivity index (χ0) is 9.90. The molecule has 0 aromatic carbocycles. The molecule has 0 saturated carbocycles. The minimum Gasteiger partial charge on any atom is -0.388 e. The molecule has 0 aliphatic carbocycles. The first-order valence-electron chi connectivity index (χ1n) is 5.04. The van der Waals surface area contributed by atoms with Gasteiger partial charge in [0.05, 0.1) is 5.60 Å². The van der Waals surface area contributed by atoms with Gasteiger partial charge in [-0.05, 0) is 20.9 Å². The molecule has 3 heteroatoms. The van der Waals surface area contributed by atoms with Gasteiger partial charge in [0, 0.05) is 38.6 Å². The lowest BCUT2D eigenvalue weighted by Crippen LogP contribution is -2.47. The molecule has 1 aliphatic heterocycles. The van der Waals surface area contributed by atoms with Crippen molar-refractivity contribution in [2.24, 2.45) is 0 Å². The third-order valence-electron chi connectivity index (χ3n) is 2.85. The lowest BCUT2D eigenvalue weighted by molar-refractivity contribution is -0.0799. The molecule has 1 fully saturated rings. The molecule has 1 heterocycles. The number of hydrogen-bond acceptors (Lipinski definition) is 3. The van der Waals surface area contributed by atoms with E-state index in [4.69, 9.17) is 4.74 Å². The Morgan fingerprint density at radius 2 is 1.92 bits per heavy atom. The van der Waals surface area contributed by atoms with E-state index in [1.807, 2.05) is 0 Å². The Kier molecular flexibility index (Phi) is 3.71. The van der Waals surface area contributed by atoms with Crippen molar-refractivity contribution in [1.82, 2.24) is 4.90 Å². The molecule has 1 rings (SSSR count). The summed E-state index contributed by atoms with van der Waals surface area (Å²) in [5.74, 6) is 0. The fraction of sp³-hybridized carbons (Fsp3) is 1.00. The highest BCUT2D eigenvalue weighted by Crippen LogP contribution is 2.21. The van der Waals surface area contributed by atoms with E-state index in [1.54, 1.807) is 0 Å². The zero-order valence-electron chi connectivity index (χ0n) is 8.92. The van der Waals surface area contributed by atoms with Gasteiger partial charge in [0.1, 0.15) is 0 Å². The molecule has 78 valence electrons. The largest absolute Gasteiger partial charge is 0.388 e. The SMILES string of the molecule is CC(C)N(C)CC1(O)CCOCC1. The van der Waals surface area contributed by atoms with Crippen molar-refractivity contribution in [2.75, 3.05) is 26.8 Å². The molecule has 0 aromatic rings. The van der Waals surface area contributed by atoms with Crippen molar-refractivity contribution in [2.45, 2.75) is 38.3 Å². The van der Waals surface area contributed by atoms with E-state index in [-0.39, 0.29) is 0 Å². The molecule has 0 aromatic heterocycles. The van der Waals surface area contributed by atoms with Gasteiger partial charge in [-0.25, -0.2) is 0 Å². The molecule has 1 N–H and O–H groups in total. The van der Waals surface area contributed by atoms with E-state index in [0.29, 0.717) is 19.3 Å². The van der Waals surface area contributed by atoms with Crippen LogP contribution in [-0.2, 0) is 4.74 Å². The molecule has 3 nitrogen and oxygen atoms in total. The van der Waals surface area contributed by atoms with Gasteiger partial charge >= 0.3 is 0 Å². The molecule has 0 unspecified atom stereocenters. The first-order chi connectivity index (χ1) is 6.03. The molecule has 0 radical (unpaired) electrons. The van der Waals surface area contributed by atoms with E-state index in [2.05, 4.69) is 25.8 Å². The van der Waals surface area contributed by atoms with Crippen LogP contribution in [0.25, 0.3) is 0 Å². The summed E-state index contributed by atoms with van der Waals surface area (Å²) in [6.45, 7) is 6.43. The van der Waals surface area contributed by atoms with Gasteiger partial charge in [0.2, 0.25) is 0 Å². The summed E-state index contributed by atoms with van der Waals surface area (Å²) in [6.07, 6.45) is 1.54. The maximum absolute atomic E-state index is 10.2. The Morgan fingerprint density at radius 1 is 1.38 bits per heavy atom. The van der Waals surface area contributed by atoms with Crippen molar-refractivity contribution in [1.29, 1.82) is 0 Å². The maximum Gasteiger partial charge on any atom is 0.0817 e. The molecule has 0 bridgehead atoms. The summed E-state index contributed by atoms with van der Waals surface area (Å²) >= 11 is 0. The van der Waals surface area contributed by atoms with Crippen molar-refractivity contribution in [3.63, 3.8) is 0 Å². The number of nitrogens with zero attached hydrogens (tertiary/aromatic N) is 1. The summed E-state index contributed by atoms with van der Waals surface area (Å²) in [7, 11) is 2.05. The standard InChI is InChI=1S/C10H21NO2/c1-9(2)11(3)8-10(12)4-6-13-7-5-10/h9,12H,4-8H2,1-3H3. The predicted octanol–water partition coefficient (Wildman–Crippen LogP) is 0.868. The van der Waals surface area contributed by atoms with Crippen LogP contribution in [0.15, 0.2) is 0 Å². The summed E-state index contributed by atoms with van der Waals surface area (Å²) in [5.41, 5.74) is -0.517. The monoisotopic (exact) mass is 187 g/mol. The molecule has 13 heavy (non-hydrogen) atoms. The van der Waals surface area contributed by atoms with E-state index in [9.17, 15) is 5.11 Å². The van der Waals surface area contributed by atoms with Crippen molar-refractivity contribution in [3.05, 3.63) is 0 Å². The summed E-state index contributed by atoms with van der Waals surface area (Å²) in [4.78, 5) is 2.19. The Labute approximate surface area is 80.7 Å². The van der Waals surface area contributed by atoms with Gasteiger partial charge in [0.15, 0.2) is 0 Å². The summed E-state index contributed by atoms with van der Waals surface area (Å²) < 4.78 is 5.23. The van der Waals surface area contributed by atoms with E-state index in [1.165, 1.54) is 0 Å². The second-order valence-electron chi connectivity index (χ2n) is 4.35. The van der Waals surface area contributed by atoms with Crippen LogP contribution in [0, 0.1) is 0 Å². The van der Waals surface area contributed by atoms with E-state index >= 15 is 0 Å². The van der Waals surface area contributed by atoms with E-state index in [0.717, 1.165) is 19.4 Å². The molecule has 1 saturated heterocycles. The fourth-order valence-electron chi connectivity index (χ4n) is 1.56. The number of aliphatic hydroxyl groups is 1. The smallest absolute Gasteiger partial charge is 0.0817 e. The normalized spacial score (nSPS) is 22.6. The molecule has 0 spiro atoms. The third kappa shape index (κ3) is 3.25. The topological polar surface area (TPSA) is 32.7 Å². The number of likely N-dealkylation sites (N-methyl/N-ethyl adjacent to an activating group) is 1. The van der Waals surface area contributed by atoms with Crippen LogP contribution in [0.1, 0.15) is 26.7 Å². The quantitative estimate of drug-likeness (QED) is 0.711. The average molecular weight is 187 g/mol. The van der Waals surface area contributed by atoms with Gasteiger partial charge in [0.25, 0.3) is 0 Å². The lowest BCUT2D eigenvalue weighted by Gasteiger charge is -2.36. The molecule has 0 amide bonds. The third-order valence-corrected chi connectivity index (χ3v) is 2.85. The van der Waals surface area contributed by atoms with Crippen molar-refractivity contribution < 1.29 is 9.84 Å². The van der Waals surface area contributed by atoms with Gasteiger partial charge in [-0.15, -0.1) is 0 Å². The highest BCUT2D eigenvalue weighted by molar-refractivity contribution is 4.84. The summed E-state index contributed by atoms with van der Waals surface area (Å²) in [6, 6.07) is 0.492. The first-order valence-corrected chi connectivity index (χ1v) is 5.04. The highest BCUT2D eigenvalue weighted by atomic mass is 16.5. The molecular formula is C10H21NO2. The lowest BCUT2D eigenvalue weighted by atomic mass is 9.93. The highest BCUT2D eigenvalue weighted by Gasteiger charge is 2.31. The van der Waals surface area contributed by atoms with Crippen LogP contribution >= 0.6 is 0 Å². The minimum absolute atomic E-state index is 0.492. The number of rotatable bonds is 3. The fourth-order valence-corrected chi connectivity index (χ4v) is 1.56. The second-order valence-corrected chi connectivity index (χ2v) is 4.35. The van der Waals surface area contributed by atoms with Gasteiger partial charge in [-0.2, -0.15) is 0 Å². The van der Waals surface area contributed by atoms with Crippen LogP contribution in [0.3, 0.4) is 0 Å². The minimum atomic E-state index is -0.517. The van der Waals surface area contributed by atoms with Crippen LogP contribution in [0.4, 0.5) is 0 Å². The van der Waals surface area contributed by atoms with Crippen molar-refractivity contribution >= 4 is 0 Å². The van der Waals surface area contributed by atoms with Crippen LogP contribution in [0.5, 0.6) is 0 Å². The zero-order valence-corrected chi connectivity index (χ0v) is 8.92. The first kappa shape index (κ1) is 11.0. The molecular weight excluding hydrogens is 166 g/mol. The maximum atomic E-state index is 10.2. The Bertz CT molecular complexity index is 153. The Balaban J connectivity index is 2.40. The second kappa shape index (κ2) is 4.40. The predicted molar refractivity (Wildman–Crippen MR) is 52.8 cm³/mol. The van der Waals surface area contributed by atoms with Gasteiger partial charge < -0.3 is 14.7 Å². The van der Waals surface area contributed by atoms with E-state index < -0.39 is 5.60 Å². The number of ether oxygens (including phenoxy) is 1.